The van der Waals surface area contributed by atoms with Gasteiger partial charge < -0.3 is 15.5 Å². The molecule has 2 heterocycles. The molecule has 0 saturated heterocycles. The molecular weight excluding hydrogens is 252 g/mol. The largest absolute Gasteiger partial charge is 0.384 e. The molecule has 0 aliphatic rings. The van der Waals surface area contributed by atoms with Gasteiger partial charge in [-0.15, -0.1) is 0 Å². The highest BCUT2D eigenvalue weighted by molar-refractivity contribution is 5.97. The van der Waals surface area contributed by atoms with Gasteiger partial charge in [0.1, 0.15) is 5.84 Å². The second-order valence-corrected chi connectivity index (χ2v) is 4.25. The summed E-state index contributed by atoms with van der Waals surface area (Å²) in [5, 5.41) is 3.24. The van der Waals surface area contributed by atoms with Crippen molar-refractivity contribution in [2.45, 2.75) is 0 Å². The molecule has 0 amide bonds. The zero-order valence-electron chi connectivity index (χ0n) is 11.0. The summed E-state index contributed by atoms with van der Waals surface area (Å²) in [4.78, 5) is 12.5. The third kappa shape index (κ3) is 2.18. The van der Waals surface area contributed by atoms with Crippen LogP contribution in [0, 0.1) is 0 Å². The van der Waals surface area contributed by atoms with Crippen LogP contribution < -0.4 is 11.1 Å². The lowest BCUT2D eigenvalue weighted by molar-refractivity contribution is 1.13. The van der Waals surface area contributed by atoms with E-state index in [1.807, 2.05) is 41.1 Å². The van der Waals surface area contributed by atoms with Gasteiger partial charge >= 0.3 is 0 Å². The van der Waals surface area contributed by atoms with Crippen LogP contribution >= 0.6 is 0 Å². The Morgan fingerprint density at radius 1 is 1.15 bits per heavy atom. The Balaban J connectivity index is 1.89. The van der Waals surface area contributed by atoms with Crippen molar-refractivity contribution in [3.8, 4) is 0 Å². The average molecular weight is 266 g/mol. The van der Waals surface area contributed by atoms with Crippen LogP contribution in [0.3, 0.4) is 0 Å². The van der Waals surface area contributed by atoms with E-state index in [-0.39, 0.29) is 0 Å². The Labute approximate surface area is 116 Å². The maximum Gasteiger partial charge on any atom is 0.180 e. The molecule has 2 aromatic heterocycles. The minimum atomic E-state index is 0.519. The monoisotopic (exact) mass is 266 g/mol. The van der Waals surface area contributed by atoms with E-state index in [1.165, 1.54) is 0 Å². The third-order valence-corrected chi connectivity index (χ3v) is 3.00. The lowest BCUT2D eigenvalue weighted by Gasteiger charge is -2.07. The van der Waals surface area contributed by atoms with Gasteiger partial charge in [0.15, 0.2) is 11.5 Å². The quantitative estimate of drug-likeness (QED) is 0.559. The molecule has 3 rings (SSSR count). The van der Waals surface area contributed by atoms with Crippen molar-refractivity contribution in [1.82, 2.24) is 14.4 Å². The molecule has 100 valence electrons. The summed E-state index contributed by atoms with van der Waals surface area (Å²) in [5.41, 5.74) is 8.36. The molecule has 1 aromatic carbocycles. The van der Waals surface area contributed by atoms with Crippen molar-refractivity contribution in [3.05, 3.63) is 54.6 Å². The zero-order valence-corrected chi connectivity index (χ0v) is 11.0. The van der Waals surface area contributed by atoms with E-state index >= 15 is 0 Å². The van der Waals surface area contributed by atoms with E-state index in [0.29, 0.717) is 11.7 Å². The first-order valence-electron chi connectivity index (χ1n) is 6.15. The van der Waals surface area contributed by atoms with E-state index in [2.05, 4.69) is 20.3 Å². The van der Waals surface area contributed by atoms with Crippen molar-refractivity contribution in [2.24, 2.45) is 10.7 Å². The fourth-order valence-corrected chi connectivity index (χ4v) is 1.93. The number of rotatable bonds is 3. The van der Waals surface area contributed by atoms with Crippen molar-refractivity contribution < 1.29 is 0 Å². The predicted molar refractivity (Wildman–Crippen MR) is 79.4 cm³/mol. The third-order valence-electron chi connectivity index (χ3n) is 3.00. The normalized spacial score (nSPS) is 11.8. The average Bonchev–Trinajstić information content (AvgIpc) is 2.97. The fraction of sp³-hybridized carbons (Fsp3) is 0.0714. The van der Waals surface area contributed by atoms with Gasteiger partial charge in [0.25, 0.3) is 0 Å². The van der Waals surface area contributed by atoms with Crippen molar-refractivity contribution >= 4 is 23.0 Å². The summed E-state index contributed by atoms with van der Waals surface area (Å²) < 4.78 is 1.91. The smallest absolute Gasteiger partial charge is 0.180 e. The minimum absolute atomic E-state index is 0.519. The molecule has 0 radical (unpaired) electrons. The van der Waals surface area contributed by atoms with Gasteiger partial charge in [-0.25, -0.2) is 9.97 Å². The fourth-order valence-electron chi connectivity index (χ4n) is 1.93. The summed E-state index contributed by atoms with van der Waals surface area (Å²) in [6.07, 6.45) is 7.20. The lowest BCUT2D eigenvalue weighted by Crippen LogP contribution is -2.12. The van der Waals surface area contributed by atoms with E-state index in [9.17, 15) is 0 Å². The first kappa shape index (κ1) is 12.2. The highest BCUT2D eigenvalue weighted by Crippen LogP contribution is 2.18. The van der Waals surface area contributed by atoms with Crippen LogP contribution in [0.15, 0.2) is 54.0 Å². The van der Waals surface area contributed by atoms with Crippen LogP contribution in [0.25, 0.3) is 5.65 Å². The number of imidazole rings is 1. The van der Waals surface area contributed by atoms with Gasteiger partial charge in [-0.05, 0) is 24.3 Å². The number of nitrogens with two attached hydrogens (primary N) is 1. The molecule has 0 aliphatic carbocycles. The molecule has 0 unspecified atom stereocenters. The number of aliphatic imine (C=N–C) groups is 1. The van der Waals surface area contributed by atoms with E-state index in [4.69, 9.17) is 5.73 Å². The number of nitrogens with zero attached hydrogens (tertiary/aromatic N) is 4. The Hall–Kier alpha value is -2.89. The van der Waals surface area contributed by atoms with Crippen molar-refractivity contribution in [2.75, 3.05) is 12.4 Å². The van der Waals surface area contributed by atoms with Gasteiger partial charge in [0.2, 0.25) is 0 Å². The topological polar surface area (TPSA) is 80.6 Å². The molecular formula is C14H14N6. The first-order valence-corrected chi connectivity index (χ1v) is 6.15. The van der Waals surface area contributed by atoms with Crippen LogP contribution in [-0.4, -0.2) is 27.3 Å². The second kappa shape index (κ2) is 5.00. The maximum absolute atomic E-state index is 5.76. The van der Waals surface area contributed by atoms with Gasteiger partial charge in [-0.1, -0.05) is 0 Å². The van der Waals surface area contributed by atoms with Crippen LogP contribution in [0.2, 0.25) is 0 Å². The number of nitrogens with one attached hydrogen (secondary N) is 1. The Bertz CT molecular complexity index is 757. The van der Waals surface area contributed by atoms with Crippen molar-refractivity contribution in [3.63, 3.8) is 0 Å². The maximum atomic E-state index is 5.76. The van der Waals surface area contributed by atoms with Gasteiger partial charge in [-0.3, -0.25) is 4.99 Å². The summed E-state index contributed by atoms with van der Waals surface area (Å²) in [5.74, 6) is 1.23. The van der Waals surface area contributed by atoms with Gasteiger partial charge in [0, 0.05) is 43.1 Å². The molecule has 20 heavy (non-hydrogen) atoms. The second-order valence-electron chi connectivity index (χ2n) is 4.25. The lowest BCUT2D eigenvalue weighted by atomic mass is 10.2. The van der Waals surface area contributed by atoms with Crippen LogP contribution in [0.1, 0.15) is 5.56 Å². The molecule has 0 spiro atoms. The number of benzene rings is 1. The highest BCUT2D eigenvalue weighted by Gasteiger charge is 2.04. The SMILES string of the molecule is CN=C(N)c1ccc(Nc2nccn3ccnc23)cc1. The molecule has 3 N–H and O–H groups in total. The Morgan fingerprint density at radius 2 is 1.85 bits per heavy atom. The molecule has 0 aliphatic heterocycles. The molecule has 3 aromatic rings. The number of hydrogen-bond acceptors (Lipinski definition) is 4. The minimum Gasteiger partial charge on any atom is -0.384 e. The first-order chi connectivity index (χ1) is 9.78. The molecule has 0 atom stereocenters. The number of amidine groups is 1. The number of fused-ring (bicyclic) bond motifs is 1. The molecule has 6 heteroatoms. The van der Waals surface area contributed by atoms with Crippen LogP contribution in [0.4, 0.5) is 11.5 Å². The zero-order chi connectivity index (χ0) is 13.9. The number of hydrogen-bond donors (Lipinski definition) is 2. The summed E-state index contributed by atoms with van der Waals surface area (Å²) in [6, 6.07) is 7.69. The summed E-state index contributed by atoms with van der Waals surface area (Å²) in [7, 11) is 1.67. The van der Waals surface area contributed by atoms with Gasteiger partial charge in [0.05, 0.1) is 0 Å². The number of aromatic nitrogens is 3. The number of anilines is 2. The van der Waals surface area contributed by atoms with Gasteiger partial charge in [-0.2, -0.15) is 0 Å². The summed E-state index contributed by atoms with van der Waals surface area (Å²) in [6.45, 7) is 0. The van der Waals surface area contributed by atoms with Crippen molar-refractivity contribution in [1.29, 1.82) is 0 Å². The standard InChI is InChI=1S/C14H14N6/c1-16-12(15)10-2-4-11(5-3-10)19-13-14-18-7-9-20(14)8-6-17-13/h2-9H,1H3,(H2,15,16)(H,17,19). The Kier molecular flexibility index (Phi) is 3.04. The van der Waals surface area contributed by atoms with E-state index in [1.54, 1.807) is 19.4 Å². The highest BCUT2D eigenvalue weighted by atomic mass is 15.1. The van der Waals surface area contributed by atoms with E-state index in [0.717, 1.165) is 16.9 Å². The molecule has 0 fully saturated rings. The molecule has 0 bridgehead atoms. The predicted octanol–water partition coefficient (Wildman–Crippen LogP) is 1.81. The van der Waals surface area contributed by atoms with Crippen LogP contribution in [-0.2, 0) is 0 Å². The molecule has 6 nitrogen and oxygen atoms in total. The molecule has 0 saturated carbocycles. The Morgan fingerprint density at radius 3 is 2.55 bits per heavy atom. The van der Waals surface area contributed by atoms with E-state index < -0.39 is 0 Å². The summed E-state index contributed by atoms with van der Waals surface area (Å²) >= 11 is 0. The van der Waals surface area contributed by atoms with Crippen LogP contribution in [0.5, 0.6) is 0 Å².